The van der Waals surface area contributed by atoms with Crippen LogP contribution < -0.4 is 15.2 Å². The SMILES string of the molecule is NCc1ccccc1Oc1ccc2c(cnn2CCO)c1.OCCn1ncc2cc(Oc3ccc(F)cc3CO)ccc21. The third kappa shape index (κ3) is 6.99. The zero-order valence-electron chi connectivity index (χ0n) is 23.3. The van der Waals surface area contributed by atoms with Crippen molar-refractivity contribution < 1.29 is 29.2 Å². The maximum Gasteiger partial charge on any atom is 0.133 e. The monoisotopic (exact) mass is 585 g/mol. The van der Waals surface area contributed by atoms with Gasteiger partial charge in [0.15, 0.2) is 0 Å². The van der Waals surface area contributed by atoms with Gasteiger partial charge in [0.25, 0.3) is 0 Å². The Hall–Kier alpha value is -4.81. The molecule has 2 aromatic heterocycles. The maximum absolute atomic E-state index is 13.2. The number of halogens is 1. The predicted molar refractivity (Wildman–Crippen MR) is 160 cm³/mol. The van der Waals surface area contributed by atoms with E-state index >= 15 is 0 Å². The molecule has 2 heterocycles. The molecule has 0 aliphatic carbocycles. The summed E-state index contributed by atoms with van der Waals surface area (Å²) in [7, 11) is 0. The molecule has 6 rings (SSSR count). The van der Waals surface area contributed by atoms with E-state index in [9.17, 15) is 9.50 Å². The zero-order chi connectivity index (χ0) is 30.2. The third-order valence-corrected chi connectivity index (χ3v) is 6.69. The van der Waals surface area contributed by atoms with Gasteiger partial charge in [-0.25, -0.2) is 4.39 Å². The second-order valence-electron chi connectivity index (χ2n) is 9.55. The second-order valence-corrected chi connectivity index (χ2v) is 9.55. The summed E-state index contributed by atoms with van der Waals surface area (Å²) < 4.78 is 28.3. The van der Waals surface area contributed by atoms with Crippen molar-refractivity contribution in [2.75, 3.05) is 13.2 Å². The number of fused-ring (bicyclic) bond motifs is 2. The van der Waals surface area contributed by atoms with Gasteiger partial charge in [0.1, 0.15) is 28.8 Å². The molecular weight excluding hydrogens is 553 g/mol. The number of para-hydroxylation sites is 1. The molecule has 0 unspecified atom stereocenters. The van der Waals surface area contributed by atoms with Gasteiger partial charge in [-0.1, -0.05) is 18.2 Å². The first-order valence-electron chi connectivity index (χ1n) is 13.7. The summed E-state index contributed by atoms with van der Waals surface area (Å²) >= 11 is 0. The second kappa shape index (κ2) is 13.9. The van der Waals surface area contributed by atoms with Crippen LogP contribution in [0, 0.1) is 5.82 Å². The Morgan fingerprint density at radius 2 is 1.23 bits per heavy atom. The highest BCUT2D eigenvalue weighted by atomic mass is 19.1. The van der Waals surface area contributed by atoms with Crippen molar-refractivity contribution in [3.63, 3.8) is 0 Å². The maximum atomic E-state index is 13.2. The highest BCUT2D eigenvalue weighted by Crippen LogP contribution is 2.30. The smallest absolute Gasteiger partial charge is 0.133 e. The third-order valence-electron chi connectivity index (χ3n) is 6.69. The van der Waals surface area contributed by atoms with Crippen LogP contribution >= 0.6 is 0 Å². The molecule has 0 saturated carbocycles. The molecule has 10 nitrogen and oxygen atoms in total. The molecule has 0 aliphatic rings. The molecule has 0 radical (unpaired) electrons. The zero-order valence-corrected chi connectivity index (χ0v) is 23.3. The van der Waals surface area contributed by atoms with Crippen LogP contribution in [0.25, 0.3) is 21.8 Å². The van der Waals surface area contributed by atoms with E-state index in [1.807, 2.05) is 48.5 Å². The van der Waals surface area contributed by atoms with Gasteiger partial charge in [0.2, 0.25) is 0 Å². The molecule has 0 aliphatic heterocycles. The van der Waals surface area contributed by atoms with E-state index in [1.54, 1.807) is 33.9 Å². The molecule has 6 aromatic rings. The van der Waals surface area contributed by atoms with Crippen molar-refractivity contribution in [3.05, 3.63) is 108 Å². The van der Waals surface area contributed by atoms with Gasteiger partial charge in [0.05, 0.1) is 56.3 Å². The Morgan fingerprint density at radius 1 is 0.674 bits per heavy atom. The molecule has 0 bridgehead atoms. The molecule has 0 fully saturated rings. The number of hydrogen-bond acceptors (Lipinski definition) is 8. The number of aliphatic hydroxyl groups excluding tert-OH is 3. The fraction of sp³-hybridized carbons (Fsp3) is 0.188. The average molecular weight is 586 g/mol. The number of aliphatic hydroxyl groups is 3. The Labute approximate surface area is 246 Å². The summed E-state index contributed by atoms with van der Waals surface area (Å²) in [6, 6.07) is 22.9. The van der Waals surface area contributed by atoms with Gasteiger partial charge in [-0.05, 0) is 60.7 Å². The normalized spacial score (nSPS) is 11.0. The summed E-state index contributed by atoms with van der Waals surface area (Å²) in [5.74, 6) is 2.06. The number of nitrogens with two attached hydrogens (primary N) is 1. The van der Waals surface area contributed by atoms with E-state index in [4.69, 9.17) is 25.4 Å². The number of aromatic nitrogens is 4. The lowest BCUT2D eigenvalue weighted by Gasteiger charge is -2.10. The Balaban J connectivity index is 0.000000171. The van der Waals surface area contributed by atoms with Crippen molar-refractivity contribution in [2.45, 2.75) is 26.2 Å². The molecule has 11 heteroatoms. The predicted octanol–water partition coefficient (Wildman–Crippen LogP) is 4.73. The van der Waals surface area contributed by atoms with Gasteiger partial charge in [0, 0.05) is 28.4 Å². The molecule has 222 valence electrons. The van der Waals surface area contributed by atoms with Gasteiger partial charge >= 0.3 is 0 Å². The van der Waals surface area contributed by atoms with Crippen LogP contribution in [0.5, 0.6) is 23.0 Å². The number of ether oxygens (including phenoxy) is 2. The Kier molecular flexibility index (Phi) is 9.59. The largest absolute Gasteiger partial charge is 0.457 e. The lowest BCUT2D eigenvalue weighted by molar-refractivity contribution is 0.271. The van der Waals surface area contributed by atoms with E-state index < -0.39 is 5.82 Å². The van der Waals surface area contributed by atoms with E-state index in [1.165, 1.54) is 18.2 Å². The lowest BCUT2D eigenvalue weighted by atomic mass is 10.2. The molecule has 0 atom stereocenters. The van der Waals surface area contributed by atoms with Crippen LogP contribution in [0.15, 0.2) is 91.3 Å². The van der Waals surface area contributed by atoms with E-state index in [-0.39, 0.29) is 19.8 Å². The molecule has 43 heavy (non-hydrogen) atoms. The number of benzene rings is 4. The molecule has 0 saturated heterocycles. The average Bonchev–Trinajstić information content (AvgIpc) is 3.62. The van der Waals surface area contributed by atoms with Gasteiger partial charge in [-0.15, -0.1) is 0 Å². The van der Waals surface area contributed by atoms with E-state index in [2.05, 4.69) is 10.2 Å². The van der Waals surface area contributed by atoms with Crippen LogP contribution in [-0.2, 0) is 26.2 Å². The van der Waals surface area contributed by atoms with Crippen molar-refractivity contribution in [1.82, 2.24) is 19.6 Å². The molecular formula is C32H32FN5O5. The first-order valence-corrected chi connectivity index (χ1v) is 13.7. The van der Waals surface area contributed by atoms with Crippen LogP contribution in [0.3, 0.4) is 0 Å². The number of hydrogen-bond donors (Lipinski definition) is 4. The minimum atomic E-state index is -0.419. The van der Waals surface area contributed by atoms with Crippen molar-refractivity contribution >= 4 is 21.8 Å². The lowest BCUT2D eigenvalue weighted by Crippen LogP contribution is -2.03. The minimum absolute atomic E-state index is 0.0183. The summed E-state index contributed by atoms with van der Waals surface area (Å²) in [5, 5.41) is 37.6. The Bertz CT molecular complexity index is 1820. The highest BCUT2D eigenvalue weighted by molar-refractivity contribution is 5.81. The molecule has 5 N–H and O–H groups in total. The number of rotatable bonds is 10. The minimum Gasteiger partial charge on any atom is -0.457 e. The van der Waals surface area contributed by atoms with Crippen LogP contribution in [-0.4, -0.2) is 48.1 Å². The molecule has 0 spiro atoms. The summed E-state index contributed by atoms with van der Waals surface area (Å²) in [6.45, 7) is 1.13. The number of nitrogens with zero attached hydrogens (tertiary/aromatic N) is 4. The Morgan fingerprint density at radius 3 is 1.77 bits per heavy atom. The summed E-state index contributed by atoms with van der Waals surface area (Å²) in [6.07, 6.45) is 3.46. The van der Waals surface area contributed by atoms with E-state index in [0.29, 0.717) is 36.7 Å². The highest BCUT2D eigenvalue weighted by Gasteiger charge is 2.09. The van der Waals surface area contributed by atoms with Crippen molar-refractivity contribution in [1.29, 1.82) is 0 Å². The van der Waals surface area contributed by atoms with Gasteiger partial charge in [-0.3, -0.25) is 9.36 Å². The fourth-order valence-electron chi connectivity index (χ4n) is 4.60. The van der Waals surface area contributed by atoms with Crippen LogP contribution in [0.4, 0.5) is 4.39 Å². The van der Waals surface area contributed by atoms with Crippen LogP contribution in [0.1, 0.15) is 11.1 Å². The fourth-order valence-corrected chi connectivity index (χ4v) is 4.60. The first kappa shape index (κ1) is 29.7. The molecule has 0 amide bonds. The quantitative estimate of drug-likeness (QED) is 0.181. The van der Waals surface area contributed by atoms with Crippen LogP contribution in [0.2, 0.25) is 0 Å². The van der Waals surface area contributed by atoms with Crippen molar-refractivity contribution in [2.24, 2.45) is 5.73 Å². The van der Waals surface area contributed by atoms with Gasteiger partial charge in [-0.2, -0.15) is 10.2 Å². The van der Waals surface area contributed by atoms with Crippen molar-refractivity contribution in [3.8, 4) is 23.0 Å². The summed E-state index contributed by atoms with van der Waals surface area (Å²) in [5.41, 5.74) is 8.93. The summed E-state index contributed by atoms with van der Waals surface area (Å²) in [4.78, 5) is 0. The topological polar surface area (TPSA) is 141 Å². The van der Waals surface area contributed by atoms with Gasteiger partial charge < -0.3 is 30.5 Å². The standard InChI is InChI=1S/C16H15FN2O3.C16H17N3O2/c17-13-1-4-16(12(7-13)10-21)22-14-2-3-15-11(8-14)9-18-19(15)5-6-20;17-10-12-3-1-2-4-16(12)21-14-5-6-15-13(9-14)11-18-19(15)7-8-20/h1-4,7-9,20-21H,5-6,10H2;1-6,9,11,20H,7-8,10,17H2. The van der Waals surface area contributed by atoms with E-state index in [0.717, 1.165) is 38.9 Å². The molecule has 4 aromatic carbocycles. The first-order chi connectivity index (χ1) is 21.0.